The molecule has 0 bridgehead atoms. The lowest BCUT2D eigenvalue weighted by molar-refractivity contribution is 0.0951. The van der Waals surface area contributed by atoms with Crippen molar-refractivity contribution < 1.29 is 22.7 Å². The van der Waals surface area contributed by atoms with Gasteiger partial charge >= 0.3 is 0 Å². The van der Waals surface area contributed by atoms with Crippen LogP contribution in [-0.2, 0) is 16.6 Å². The third kappa shape index (κ3) is 5.50. The molecule has 0 atom stereocenters. The van der Waals surface area contributed by atoms with Crippen LogP contribution < -0.4 is 14.8 Å². The molecule has 0 aromatic heterocycles. The highest BCUT2D eigenvalue weighted by atomic mass is 35.5. The lowest BCUT2D eigenvalue weighted by atomic mass is 10.1. The molecule has 1 saturated heterocycles. The van der Waals surface area contributed by atoms with Gasteiger partial charge in [-0.1, -0.05) is 24.1 Å². The number of nitrogens with one attached hydrogen (secondary N) is 1. The number of nitrogens with zero attached hydrogens (tertiary/aromatic N) is 1. The number of hydrogen-bond acceptors (Lipinski definition) is 5. The first kappa shape index (κ1) is 23.4. The van der Waals surface area contributed by atoms with Gasteiger partial charge in [-0.3, -0.25) is 4.79 Å². The molecule has 1 aliphatic rings. The van der Waals surface area contributed by atoms with E-state index in [1.807, 2.05) is 13.0 Å². The van der Waals surface area contributed by atoms with E-state index in [1.165, 1.54) is 22.5 Å². The summed E-state index contributed by atoms with van der Waals surface area (Å²) in [5.74, 6) is 0.744. The summed E-state index contributed by atoms with van der Waals surface area (Å²) >= 11 is 6.21. The smallest absolute Gasteiger partial charge is 0.253 e. The van der Waals surface area contributed by atoms with Crippen molar-refractivity contribution in [3.8, 4) is 11.5 Å². The van der Waals surface area contributed by atoms with Gasteiger partial charge in [-0.25, -0.2) is 8.42 Å². The van der Waals surface area contributed by atoms with E-state index < -0.39 is 15.9 Å². The zero-order valence-corrected chi connectivity index (χ0v) is 19.3. The lowest BCUT2D eigenvalue weighted by Gasteiger charge is -2.26. The molecule has 0 spiro atoms. The maximum absolute atomic E-state index is 12.9. The van der Waals surface area contributed by atoms with Gasteiger partial charge in [0, 0.05) is 19.6 Å². The van der Waals surface area contributed by atoms with Gasteiger partial charge in [0.25, 0.3) is 5.91 Å². The summed E-state index contributed by atoms with van der Waals surface area (Å²) in [6.07, 6.45) is 2.70. The summed E-state index contributed by atoms with van der Waals surface area (Å²) in [5.41, 5.74) is 0.930. The maximum Gasteiger partial charge on any atom is 0.253 e. The van der Waals surface area contributed by atoms with Crippen molar-refractivity contribution in [2.24, 2.45) is 0 Å². The number of ether oxygens (including phenoxy) is 2. The topological polar surface area (TPSA) is 84.9 Å². The van der Waals surface area contributed by atoms with Gasteiger partial charge in [-0.15, -0.1) is 0 Å². The van der Waals surface area contributed by atoms with Crippen molar-refractivity contribution in [3.05, 3.63) is 52.5 Å². The summed E-state index contributed by atoms with van der Waals surface area (Å²) in [4.78, 5) is 12.8. The molecule has 0 saturated carbocycles. The molecule has 0 radical (unpaired) electrons. The summed E-state index contributed by atoms with van der Waals surface area (Å²) in [6.45, 7) is 3.61. The first-order chi connectivity index (χ1) is 14.9. The van der Waals surface area contributed by atoms with Gasteiger partial charge in [0.1, 0.15) is 0 Å². The molecule has 1 N–H and O–H groups in total. The maximum atomic E-state index is 12.9. The number of amides is 1. The molecule has 3 rings (SSSR count). The van der Waals surface area contributed by atoms with Gasteiger partial charge in [0.2, 0.25) is 10.0 Å². The Bertz CT molecular complexity index is 1040. The minimum Gasteiger partial charge on any atom is -0.493 e. The third-order valence-corrected chi connectivity index (χ3v) is 7.34. The third-order valence-electron chi connectivity index (χ3n) is 5.12. The summed E-state index contributed by atoms with van der Waals surface area (Å²) in [5, 5.41) is 2.98. The molecule has 1 heterocycles. The zero-order chi connectivity index (χ0) is 22.4. The van der Waals surface area contributed by atoms with Crippen LogP contribution in [0, 0.1) is 0 Å². The highest BCUT2D eigenvalue weighted by Gasteiger charge is 2.27. The van der Waals surface area contributed by atoms with Crippen molar-refractivity contribution in [2.75, 3.05) is 26.8 Å². The highest BCUT2D eigenvalue weighted by molar-refractivity contribution is 7.89. The minimum atomic E-state index is -3.66. The monoisotopic (exact) mass is 466 g/mol. The second-order valence-corrected chi connectivity index (χ2v) is 9.55. The number of rotatable bonds is 8. The Hall–Kier alpha value is -2.29. The number of sulfonamides is 1. The fourth-order valence-corrected chi connectivity index (χ4v) is 5.21. The Labute approximate surface area is 188 Å². The minimum absolute atomic E-state index is 0.0756. The normalized spacial score (nSPS) is 14.8. The Balaban J connectivity index is 1.75. The second-order valence-electron chi connectivity index (χ2n) is 7.21. The molecule has 1 aliphatic heterocycles. The summed E-state index contributed by atoms with van der Waals surface area (Å²) in [6, 6.07) is 9.63. The Morgan fingerprint density at radius 3 is 2.52 bits per heavy atom. The molecule has 2 aromatic rings. The summed E-state index contributed by atoms with van der Waals surface area (Å²) < 4.78 is 38.2. The van der Waals surface area contributed by atoms with Crippen molar-refractivity contribution in [2.45, 2.75) is 37.6 Å². The van der Waals surface area contributed by atoms with Gasteiger partial charge in [0.05, 0.1) is 29.2 Å². The molecule has 2 aromatic carbocycles. The van der Waals surface area contributed by atoms with Crippen molar-refractivity contribution in [1.29, 1.82) is 0 Å². The van der Waals surface area contributed by atoms with Crippen molar-refractivity contribution in [3.63, 3.8) is 0 Å². The van der Waals surface area contributed by atoms with E-state index in [1.54, 1.807) is 19.2 Å². The molecule has 0 aliphatic carbocycles. The summed E-state index contributed by atoms with van der Waals surface area (Å²) in [7, 11) is -2.11. The number of carbonyl (C=O) groups excluding carboxylic acids is 1. The lowest BCUT2D eigenvalue weighted by Crippen LogP contribution is -2.35. The molecular weight excluding hydrogens is 440 g/mol. The molecule has 31 heavy (non-hydrogen) atoms. The Morgan fingerprint density at radius 2 is 1.84 bits per heavy atom. The first-order valence-electron chi connectivity index (χ1n) is 10.2. The largest absolute Gasteiger partial charge is 0.493 e. The first-order valence-corrected chi connectivity index (χ1v) is 12.1. The van der Waals surface area contributed by atoms with E-state index in [9.17, 15) is 13.2 Å². The van der Waals surface area contributed by atoms with Crippen molar-refractivity contribution >= 4 is 27.5 Å². The predicted molar refractivity (Wildman–Crippen MR) is 119 cm³/mol. The van der Waals surface area contributed by atoms with Gasteiger partial charge in [-0.2, -0.15) is 4.31 Å². The van der Waals surface area contributed by atoms with Crippen LogP contribution in [0.3, 0.4) is 0 Å². The van der Waals surface area contributed by atoms with Crippen LogP contribution in [0.15, 0.2) is 41.3 Å². The van der Waals surface area contributed by atoms with Crippen LogP contribution in [0.2, 0.25) is 5.02 Å². The molecule has 0 unspecified atom stereocenters. The van der Waals surface area contributed by atoms with E-state index in [4.69, 9.17) is 21.1 Å². The van der Waals surface area contributed by atoms with Gasteiger partial charge in [-0.05, 0) is 55.7 Å². The number of carbonyl (C=O) groups is 1. The SMILES string of the molecule is CCOc1ccc(CNC(=O)c2cc(S(=O)(=O)N3CCCCC3)ccc2Cl)cc1OC. The Morgan fingerprint density at radius 1 is 1.10 bits per heavy atom. The van der Waals surface area contributed by atoms with Crippen LogP contribution in [0.4, 0.5) is 0 Å². The average Bonchev–Trinajstić information content (AvgIpc) is 2.79. The van der Waals surface area contributed by atoms with E-state index in [0.717, 1.165) is 24.8 Å². The molecule has 9 heteroatoms. The molecular formula is C22H27ClN2O5S. The van der Waals surface area contributed by atoms with Crippen LogP contribution in [0.1, 0.15) is 42.1 Å². The van der Waals surface area contributed by atoms with Crippen LogP contribution in [0.5, 0.6) is 11.5 Å². The number of benzene rings is 2. The van der Waals surface area contributed by atoms with Gasteiger partial charge < -0.3 is 14.8 Å². The number of piperidine rings is 1. The van der Waals surface area contributed by atoms with Crippen LogP contribution >= 0.6 is 11.6 Å². The molecule has 1 fully saturated rings. The highest BCUT2D eigenvalue weighted by Crippen LogP contribution is 2.28. The van der Waals surface area contributed by atoms with E-state index in [0.29, 0.717) is 31.2 Å². The van der Waals surface area contributed by atoms with Crippen LogP contribution in [-0.4, -0.2) is 45.4 Å². The predicted octanol–water partition coefficient (Wildman–Crippen LogP) is 3.85. The quantitative estimate of drug-likeness (QED) is 0.638. The molecule has 168 valence electrons. The number of hydrogen-bond donors (Lipinski definition) is 1. The number of halogens is 1. The Kier molecular flexibility index (Phi) is 7.80. The average molecular weight is 467 g/mol. The van der Waals surface area contributed by atoms with Gasteiger partial charge in [0.15, 0.2) is 11.5 Å². The molecule has 7 nitrogen and oxygen atoms in total. The van der Waals surface area contributed by atoms with E-state index in [2.05, 4.69) is 5.32 Å². The zero-order valence-electron chi connectivity index (χ0n) is 17.7. The van der Waals surface area contributed by atoms with Crippen LogP contribution in [0.25, 0.3) is 0 Å². The standard InChI is InChI=1S/C22H27ClN2O5S/c1-3-30-20-10-7-16(13-21(20)29-2)15-24-22(26)18-14-17(8-9-19(18)23)31(27,28)25-11-5-4-6-12-25/h7-10,13-14H,3-6,11-12,15H2,1-2H3,(H,24,26). The number of methoxy groups -OCH3 is 1. The van der Waals surface area contributed by atoms with E-state index >= 15 is 0 Å². The second kappa shape index (κ2) is 10.3. The fraction of sp³-hybridized carbons (Fsp3) is 0.409. The van der Waals surface area contributed by atoms with Crippen molar-refractivity contribution in [1.82, 2.24) is 9.62 Å². The van der Waals surface area contributed by atoms with E-state index in [-0.39, 0.29) is 22.0 Å². The fourth-order valence-electron chi connectivity index (χ4n) is 3.47. The molecule has 1 amide bonds.